The van der Waals surface area contributed by atoms with E-state index in [1.807, 2.05) is 6.92 Å². The van der Waals surface area contributed by atoms with E-state index in [1.54, 1.807) is 32.3 Å². The van der Waals surface area contributed by atoms with Crippen LogP contribution in [-0.2, 0) is 14.6 Å². The normalized spacial score (nSPS) is 11.1. The molecule has 27 heavy (non-hydrogen) atoms. The summed E-state index contributed by atoms with van der Waals surface area (Å²) >= 11 is 6.07. The Morgan fingerprint density at radius 3 is 2.30 bits per heavy atom. The van der Waals surface area contributed by atoms with E-state index in [0.29, 0.717) is 5.56 Å². The Morgan fingerprint density at radius 1 is 1.07 bits per heavy atom. The van der Waals surface area contributed by atoms with E-state index < -0.39 is 15.7 Å². The monoisotopic (exact) mass is 408 g/mol. The molecule has 0 spiro atoms. The van der Waals surface area contributed by atoms with E-state index in [2.05, 4.69) is 5.32 Å². The lowest BCUT2D eigenvalue weighted by Gasteiger charge is -2.13. The summed E-state index contributed by atoms with van der Waals surface area (Å²) in [5.41, 5.74) is 1.59. The van der Waals surface area contributed by atoms with Crippen LogP contribution in [0.1, 0.15) is 22.3 Å². The summed E-state index contributed by atoms with van der Waals surface area (Å²) < 4.78 is 24.7. The molecule has 6 nitrogen and oxygen atoms in total. The summed E-state index contributed by atoms with van der Waals surface area (Å²) in [6.45, 7) is 1.86. The molecule has 8 heteroatoms. The molecule has 0 heterocycles. The fourth-order valence-electron chi connectivity index (χ4n) is 2.32. The van der Waals surface area contributed by atoms with Crippen LogP contribution in [0.3, 0.4) is 0 Å². The van der Waals surface area contributed by atoms with Crippen molar-refractivity contribution in [2.45, 2.75) is 18.2 Å². The molecule has 0 atom stereocenters. The number of hydrogen-bond acceptors (Lipinski definition) is 4. The molecule has 0 aliphatic heterocycles. The van der Waals surface area contributed by atoms with Crippen molar-refractivity contribution >= 4 is 38.9 Å². The minimum absolute atomic E-state index is 0.178. The topological polar surface area (TPSA) is 83.5 Å². The van der Waals surface area contributed by atoms with Crippen LogP contribution < -0.4 is 5.32 Å². The molecular formula is C19H21ClN2O4S. The van der Waals surface area contributed by atoms with Crippen LogP contribution in [0.15, 0.2) is 47.4 Å². The number of nitrogens with zero attached hydrogens (tertiary/aromatic N) is 1. The van der Waals surface area contributed by atoms with Crippen LogP contribution in [0.25, 0.3) is 0 Å². The second-order valence-electron chi connectivity index (χ2n) is 6.32. The summed E-state index contributed by atoms with van der Waals surface area (Å²) in [5, 5.41) is 2.84. The molecule has 0 radical (unpaired) electrons. The molecule has 0 bridgehead atoms. The molecule has 2 rings (SSSR count). The minimum atomic E-state index is -3.56. The molecule has 2 amide bonds. The maximum absolute atomic E-state index is 12.3. The van der Waals surface area contributed by atoms with Gasteiger partial charge < -0.3 is 10.2 Å². The van der Waals surface area contributed by atoms with E-state index in [4.69, 9.17) is 11.6 Å². The van der Waals surface area contributed by atoms with Crippen molar-refractivity contribution in [3.63, 3.8) is 0 Å². The van der Waals surface area contributed by atoms with Gasteiger partial charge in [0.1, 0.15) is 0 Å². The molecule has 0 saturated carbocycles. The van der Waals surface area contributed by atoms with Gasteiger partial charge in [-0.3, -0.25) is 9.59 Å². The Balaban J connectivity index is 2.06. The van der Waals surface area contributed by atoms with Gasteiger partial charge in [-0.1, -0.05) is 29.3 Å². The van der Waals surface area contributed by atoms with Gasteiger partial charge in [0.2, 0.25) is 5.91 Å². The molecule has 0 fully saturated rings. The van der Waals surface area contributed by atoms with Crippen molar-refractivity contribution in [1.29, 1.82) is 0 Å². The molecule has 0 aliphatic rings. The van der Waals surface area contributed by atoms with Crippen molar-refractivity contribution < 1.29 is 18.0 Å². The molecule has 0 unspecified atom stereocenters. The molecule has 2 aromatic carbocycles. The van der Waals surface area contributed by atoms with Gasteiger partial charge in [0.05, 0.1) is 21.4 Å². The molecule has 1 N–H and O–H groups in total. The quantitative estimate of drug-likeness (QED) is 0.795. The first-order valence-corrected chi connectivity index (χ1v) is 10.2. The fraction of sp³-hybridized carbons (Fsp3) is 0.263. The minimum Gasteiger partial charge on any atom is -0.345 e. The van der Waals surface area contributed by atoms with Crippen LogP contribution in [0.4, 0.5) is 5.69 Å². The van der Waals surface area contributed by atoms with E-state index in [1.165, 1.54) is 29.2 Å². The first-order valence-electron chi connectivity index (χ1n) is 8.20. The Kier molecular flexibility index (Phi) is 6.62. The number of hydrogen-bond donors (Lipinski definition) is 1. The van der Waals surface area contributed by atoms with Gasteiger partial charge in [0.15, 0.2) is 9.84 Å². The predicted molar refractivity (Wildman–Crippen MR) is 106 cm³/mol. The Morgan fingerprint density at radius 2 is 1.70 bits per heavy atom. The van der Waals surface area contributed by atoms with Gasteiger partial charge in [0.25, 0.3) is 5.91 Å². The molecule has 2 aromatic rings. The number of nitrogens with one attached hydrogen (secondary N) is 1. The van der Waals surface area contributed by atoms with Gasteiger partial charge in [0, 0.05) is 26.1 Å². The number of carbonyl (C=O) groups is 2. The van der Waals surface area contributed by atoms with Crippen LogP contribution in [0.5, 0.6) is 0 Å². The third-order valence-corrected chi connectivity index (χ3v) is 5.93. The lowest BCUT2D eigenvalue weighted by Crippen LogP contribution is -2.22. The van der Waals surface area contributed by atoms with E-state index in [9.17, 15) is 18.0 Å². The second kappa shape index (κ2) is 8.54. The van der Waals surface area contributed by atoms with Crippen molar-refractivity contribution in [2.24, 2.45) is 0 Å². The number of sulfone groups is 1. The molecular weight excluding hydrogens is 388 g/mol. The predicted octanol–water partition coefficient (Wildman–Crippen LogP) is 3.15. The fourth-order valence-corrected chi connectivity index (χ4v) is 3.72. The number of halogens is 1. The average Bonchev–Trinajstić information content (AvgIpc) is 2.61. The van der Waals surface area contributed by atoms with Gasteiger partial charge in [-0.25, -0.2) is 8.42 Å². The Hall–Kier alpha value is -2.38. The van der Waals surface area contributed by atoms with Gasteiger partial charge in [-0.05, 0) is 37.3 Å². The van der Waals surface area contributed by atoms with Crippen molar-refractivity contribution in [3.05, 3.63) is 58.6 Å². The first kappa shape index (κ1) is 20.9. The standard InChI is InChI=1S/C19H21ClN2O4S/c1-13-4-7-15(8-5-13)27(25,26)11-10-18(23)21-17-12-14(6-9-16(17)20)19(24)22(2)3/h4-9,12H,10-11H2,1-3H3,(H,21,23). The Labute approximate surface area is 164 Å². The van der Waals surface area contributed by atoms with Crippen molar-refractivity contribution in [3.8, 4) is 0 Å². The highest BCUT2D eigenvalue weighted by molar-refractivity contribution is 7.91. The summed E-state index contributed by atoms with van der Waals surface area (Å²) in [4.78, 5) is 25.8. The van der Waals surface area contributed by atoms with Gasteiger partial charge in [-0.15, -0.1) is 0 Å². The smallest absolute Gasteiger partial charge is 0.253 e. The number of anilines is 1. The highest BCUT2D eigenvalue weighted by Crippen LogP contribution is 2.24. The van der Waals surface area contributed by atoms with E-state index >= 15 is 0 Å². The Bertz CT molecular complexity index is 954. The largest absolute Gasteiger partial charge is 0.345 e. The summed E-state index contributed by atoms with van der Waals surface area (Å²) in [6.07, 6.45) is -0.224. The number of amides is 2. The maximum atomic E-state index is 12.3. The van der Waals surface area contributed by atoms with Crippen molar-refractivity contribution in [2.75, 3.05) is 25.2 Å². The number of rotatable bonds is 6. The zero-order chi connectivity index (χ0) is 20.2. The zero-order valence-corrected chi connectivity index (χ0v) is 16.9. The molecule has 0 aromatic heterocycles. The van der Waals surface area contributed by atoms with Crippen LogP contribution >= 0.6 is 11.6 Å². The first-order chi connectivity index (χ1) is 12.6. The highest BCUT2D eigenvalue weighted by atomic mass is 35.5. The third kappa shape index (κ3) is 5.55. The number of carbonyl (C=O) groups excluding carboxylic acids is 2. The second-order valence-corrected chi connectivity index (χ2v) is 8.84. The molecule has 0 saturated heterocycles. The van der Waals surface area contributed by atoms with Crippen LogP contribution in [-0.4, -0.2) is 45.0 Å². The van der Waals surface area contributed by atoms with Crippen LogP contribution in [0, 0.1) is 6.92 Å². The van der Waals surface area contributed by atoms with Gasteiger partial charge in [-0.2, -0.15) is 0 Å². The summed E-state index contributed by atoms with van der Waals surface area (Å²) in [7, 11) is -0.330. The molecule has 0 aliphatic carbocycles. The zero-order valence-electron chi connectivity index (χ0n) is 15.3. The lowest BCUT2D eigenvalue weighted by molar-refractivity contribution is -0.115. The highest BCUT2D eigenvalue weighted by Gasteiger charge is 2.17. The molecule has 144 valence electrons. The van der Waals surface area contributed by atoms with E-state index in [0.717, 1.165) is 5.56 Å². The number of benzene rings is 2. The van der Waals surface area contributed by atoms with E-state index in [-0.39, 0.29) is 33.7 Å². The SMILES string of the molecule is Cc1ccc(S(=O)(=O)CCC(=O)Nc2cc(C(=O)N(C)C)ccc2Cl)cc1. The van der Waals surface area contributed by atoms with Gasteiger partial charge >= 0.3 is 0 Å². The third-order valence-electron chi connectivity index (χ3n) is 3.87. The average molecular weight is 409 g/mol. The van der Waals surface area contributed by atoms with Crippen LogP contribution in [0.2, 0.25) is 5.02 Å². The van der Waals surface area contributed by atoms with Crippen molar-refractivity contribution in [1.82, 2.24) is 4.90 Å². The maximum Gasteiger partial charge on any atom is 0.253 e. The summed E-state index contributed by atoms with van der Waals surface area (Å²) in [5.74, 6) is -1.05. The summed E-state index contributed by atoms with van der Waals surface area (Å²) in [6, 6.07) is 11.0. The lowest BCUT2D eigenvalue weighted by atomic mass is 10.1. The number of aryl methyl sites for hydroxylation is 1.